The molecule has 1 N–H and O–H groups in total. The average Bonchev–Trinajstić information content (AvgIpc) is 2.82. The maximum atomic E-state index is 5.04. The van der Waals surface area contributed by atoms with Crippen molar-refractivity contribution in [2.45, 2.75) is 20.4 Å². The van der Waals surface area contributed by atoms with Gasteiger partial charge in [0, 0.05) is 37.8 Å². The SMILES string of the molecule is COCCNCc1cccn1-c1cc(C)cc(C)c1. The first-order chi connectivity index (χ1) is 9.20. The number of rotatable bonds is 6. The van der Waals surface area contributed by atoms with Crippen molar-refractivity contribution in [2.75, 3.05) is 20.3 Å². The van der Waals surface area contributed by atoms with Crippen LogP contribution in [0.25, 0.3) is 5.69 Å². The molecule has 3 nitrogen and oxygen atoms in total. The fourth-order valence-electron chi connectivity index (χ4n) is 2.29. The van der Waals surface area contributed by atoms with Crippen LogP contribution < -0.4 is 5.32 Å². The Morgan fingerprint density at radius 2 is 1.89 bits per heavy atom. The molecule has 2 aromatic rings. The van der Waals surface area contributed by atoms with Crippen LogP contribution in [0.5, 0.6) is 0 Å². The zero-order valence-electron chi connectivity index (χ0n) is 11.9. The Morgan fingerprint density at radius 1 is 1.16 bits per heavy atom. The third-order valence-corrected chi connectivity index (χ3v) is 3.11. The second-order valence-electron chi connectivity index (χ2n) is 4.89. The molecule has 0 aliphatic heterocycles. The molecule has 1 heterocycles. The molecule has 0 radical (unpaired) electrons. The van der Waals surface area contributed by atoms with Crippen molar-refractivity contribution in [3.8, 4) is 5.69 Å². The standard InChI is InChI=1S/C16H22N2O/c1-13-9-14(2)11-16(10-13)18-7-4-5-15(18)12-17-6-8-19-3/h4-5,7,9-11,17H,6,8,12H2,1-3H3. The number of aryl methyl sites for hydroxylation is 2. The second kappa shape index (κ2) is 6.55. The number of aromatic nitrogens is 1. The maximum absolute atomic E-state index is 5.04. The molecule has 2 rings (SSSR count). The van der Waals surface area contributed by atoms with Crippen molar-refractivity contribution < 1.29 is 4.74 Å². The van der Waals surface area contributed by atoms with Crippen molar-refractivity contribution in [3.05, 3.63) is 53.3 Å². The van der Waals surface area contributed by atoms with Crippen LogP contribution in [0.15, 0.2) is 36.5 Å². The van der Waals surface area contributed by atoms with E-state index in [2.05, 4.69) is 60.3 Å². The summed E-state index contributed by atoms with van der Waals surface area (Å²) in [6.45, 7) is 6.73. The highest BCUT2D eigenvalue weighted by molar-refractivity contribution is 5.41. The van der Waals surface area contributed by atoms with Crippen LogP contribution in [0.4, 0.5) is 0 Å². The minimum absolute atomic E-state index is 0.740. The highest BCUT2D eigenvalue weighted by Gasteiger charge is 2.04. The third-order valence-electron chi connectivity index (χ3n) is 3.11. The Balaban J connectivity index is 2.14. The lowest BCUT2D eigenvalue weighted by Crippen LogP contribution is -2.20. The monoisotopic (exact) mass is 258 g/mol. The van der Waals surface area contributed by atoms with Gasteiger partial charge < -0.3 is 14.6 Å². The molecule has 1 aromatic heterocycles. The summed E-state index contributed by atoms with van der Waals surface area (Å²) >= 11 is 0. The van der Waals surface area contributed by atoms with E-state index in [1.807, 2.05) is 0 Å². The van der Waals surface area contributed by atoms with Crippen LogP contribution in [-0.2, 0) is 11.3 Å². The van der Waals surface area contributed by atoms with Gasteiger partial charge >= 0.3 is 0 Å². The summed E-state index contributed by atoms with van der Waals surface area (Å²) < 4.78 is 7.27. The molecule has 0 bridgehead atoms. The molecule has 3 heteroatoms. The number of ether oxygens (including phenoxy) is 1. The average molecular weight is 258 g/mol. The summed E-state index contributed by atoms with van der Waals surface area (Å²) in [6, 6.07) is 10.9. The topological polar surface area (TPSA) is 26.2 Å². The van der Waals surface area contributed by atoms with Crippen molar-refractivity contribution in [1.82, 2.24) is 9.88 Å². The predicted octanol–water partition coefficient (Wildman–Crippen LogP) is 2.83. The number of benzene rings is 1. The van der Waals surface area contributed by atoms with Crippen LogP contribution >= 0.6 is 0 Å². The second-order valence-corrected chi connectivity index (χ2v) is 4.89. The third kappa shape index (κ3) is 3.69. The van der Waals surface area contributed by atoms with Crippen molar-refractivity contribution in [1.29, 1.82) is 0 Å². The van der Waals surface area contributed by atoms with Crippen LogP contribution in [-0.4, -0.2) is 24.8 Å². The van der Waals surface area contributed by atoms with E-state index in [-0.39, 0.29) is 0 Å². The molecule has 0 unspecified atom stereocenters. The van der Waals surface area contributed by atoms with Gasteiger partial charge in [0.25, 0.3) is 0 Å². The summed E-state index contributed by atoms with van der Waals surface area (Å²) in [6.07, 6.45) is 2.11. The molecule has 0 aliphatic carbocycles. The maximum Gasteiger partial charge on any atom is 0.0587 e. The molecule has 0 amide bonds. The van der Waals surface area contributed by atoms with Gasteiger partial charge in [0.05, 0.1) is 6.61 Å². The van der Waals surface area contributed by atoms with Gasteiger partial charge in [-0.2, -0.15) is 0 Å². The van der Waals surface area contributed by atoms with Gasteiger partial charge in [0.15, 0.2) is 0 Å². The highest BCUT2D eigenvalue weighted by atomic mass is 16.5. The quantitative estimate of drug-likeness (QED) is 0.806. The van der Waals surface area contributed by atoms with E-state index in [1.165, 1.54) is 22.5 Å². The lowest BCUT2D eigenvalue weighted by atomic mass is 10.1. The Bertz CT molecular complexity index is 511. The lowest BCUT2D eigenvalue weighted by molar-refractivity contribution is 0.199. The van der Waals surface area contributed by atoms with Gasteiger partial charge in [0.2, 0.25) is 0 Å². The van der Waals surface area contributed by atoms with Gasteiger partial charge in [0.1, 0.15) is 0 Å². The van der Waals surface area contributed by atoms with Crippen molar-refractivity contribution in [2.24, 2.45) is 0 Å². The fourth-order valence-corrected chi connectivity index (χ4v) is 2.29. The fraction of sp³-hybridized carbons (Fsp3) is 0.375. The van der Waals surface area contributed by atoms with E-state index in [0.29, 0.717) is 0 Å². The molecule has 0 spiro atoms. The molecule has 102 valence electrons. The first-order valence-corrected chi connectivity index (χ1v) is 6.65. The Labute approximate surface area is 115 Å². The van der Waals surface area contributed by atoms with Crippen LogP contribution in [0.1, 0.15) is 16.8 Å². The highest BCUT2D eigenvalue weighted by Crippen LogP contribution is 2.16. The molecular weight excluding hydrogens is 236 g/mol. The summed E-state index contributed by atoms with van der Waals surface area (Å²) in [5.41, 5.74) is 5.08. The minimum atomic E-state index is 0.740. The Kier molecular flexibility index (Phi) is 4.77. The minimum Gasteiger partial charge on any atom is -0.383 e. The van der Waals surface area contributed by atoms with Gasteiger partial charge in [-0.15, -0.1) is 0 Å². The smallest absolute Gasteiger partial charge is 0.0587 e. The van der Waals surface area contributed by atoms with Gasteiger partial charge in [-0.25, -0.2) is 0 Å². The molecule has 0 saturated heterocycles. The first kappa shape index (κ1) is 13.8. The van der Waals surface area contributed by atoms with E-state index in [9.17, 15) is 0 Å². The lowest BCUT2D eigenvalue weighted by Gasteiger charge is -2.12. The van der Waals surface area contributed by atoms with Crippen LogP contribution in [0.2, 0.25) is 0 Å². The largest absolute Gasteiger partial charge is 0.383 e. The first-order valence-electron chi connectivity index (χ1n) is 6.65. The molecule has 0 atom stereocenters. The van der Waals surface area contributed by atoms with E-state index >= 15 is 0 Å². The van der Waals surface area contributed by atoms with Gasteiger partial charge in [-0.1, -0.05) is 6.07 Å². The molecule has 19 heavy (non-hydrogen) atoms. The number of hydrogen-bond acceptors (Lipinski definition) is 2. The predicted molar refractivity (Wildman–Crippen MR) is 78.8 cm³/mol. The van der Waals surface area contributed by atoms with Gasteiger partial charge in [-0.3, -0.25) is 0 Å². The summed E-state index contributed by atoms with van der Waals surface area (Å²) in [4.78, 5) is 0. The summed E-state index contributed by atoms with van der Waals surface area (Å²) in [5, 5.41) is 3.38. The molecule has 0 saturated carbocycles. The zero-order chi connectivity index (χ0) is 13.7. The molecule has 0 aliphatic rings. The molecule has 0 fully saturated rings. The zero-order valence-corrected chi connectivity index (χ0v) is 11.9. The number of methoxy groups -OCH3 is 1. The van der Waals surface area contributed by atoms with Crippen molar-refractivity contribution in [3.63, 3.8) is 0 Å². The van der Waals surface area contributed by atoms with E-state index in [4.69, 9.17) is 4.74 Å². The normalized spacial score (nSPS) is 10.9. The summed E-state index contributed by atoms with van der Waals surface area (Å²) in [7, 11) is 1.72. The van der Waals surface area contributed by atoms with E-state index < -0.39 is 0 Å². The van der Waals surface area contributed by atoms with E-state index in [0.717, 1.165) is 19.7 Å². The van der Waals surface area contributed by atoms with Crippen molar-refractivity contribution >= 4 is 0 Å². The summed E-state index contributed by atoms with van der Waals surface area (Å²) in [5.74, 6) is 0. The van der Waals surface area contributed by atoms with Gasteiger partial charge in [-0.05, 0) is 49.2 Å². The number of nitrogens with one attached hydrogen (secondary N) is 1. The van der Waals surface area contributed by atoms with Crippen LogP contribution in [0.3, 0.4) is 0 Å². The Hall–Kier alpha value is -1.58. The van der Waals surface area contributed by atoms with Crippen LogP contribution in [0, 0.1) is 13.8 Å². The number of nitrogens with zero attached hydrogens (tertiary/aromatic N) is 1. The number of hydrogen-bond donors (Lipinski definition) is 1. The van der Waals surface area contributed by atoms with E-state index in [1.54, 1.807) is 7.11 Å². The molecule has 1 aromatic carbocycles. The Morgan fingerprint density at radius 3 is 2.58 bits per heavy atom. The molecular formula is C16H22N2O.